The lowest BCUT2D eigenvalue weighted by atomic mass is 10.3. The van der Waals surface area contributed by atoms with Crippen molar-refractivity contribution in [3.8, 4) is 0 Å². The third-order valence-corrected chi connectivity index (χ3v) is 4.28. The number of imidazole rings is 1. The Labute approximate surface area is 138 Å². The number of rotatable bonds is 7. The van der Waals surface area contributed by atoms with E-state index in [9.17, 15) is 4.79 Å². The second-order valence-corrected chi connectivity index (χ2v) is 6.38. The molecule has 2 heterocycles. The lowest BCUT2D eigenvalue weighted by molar-refractivity contribution is -0.119. The van der Waals surface area contributed by atoms with Crippen LogP contribution in [0.15, 0.2) is 42.7 Å². The number of nitrogens with one attached hydrogen (secondary N) is 2. The van der Waals surface area contributed by atoms with Crippen molar-refractivity contribution in [2.24, 2.45) is 0 Å². The second-order valence-electron chi connectivity index (χ2n) is 5.39. The van der Waals surface area contributed by atoms with E-state index >= 15 is 0 Å². The first-order chi connectivity index (χ1) is 11.2. The normalized spacial score (nSPS) is 12.4. The highest BCUT2D eigenvalue weighted by molar-refractivity contribution is 7.99. The standard InChI is InChI=1S/C16H19N5OS/c1-12(9-21-8-4-7-17-21)18-16(22)11-23-10-15-19-13-5-2-3-6-14(13)20-15/h2-8,12H,9-11H2,1H3,(H,18,22)(H,19,20). The van der Waals surface area contributed by atoms with Crippen LogP contribution < -0.4 is 5.32 Å². The van der Waals surface area contributed by atoms with E-state index < -0.39 is 0 Å². The summed E-state index contributed by atoms with van der Waals surface area (Å²) in [5, 5.41) is 7.11. The average molecular weight is 329 g/mol. The largest absolute Gasteiger partial charge is 0.351 e. The minimum Gasteiger partial charge on any atom is -0.351 e. The molecule has 2 N–H and O–H groups in total. The Bertz CT molecular complexity index is 735. The van der Waals surface area contributed by atoms with E-state index in [1.54, 1.807) is 18.0 Å². The van der Waals surface area contributed by atoms with Crippen LogP contribution in [0.4, 0.5) is 0 Å². The van der Waals surface area contributed by atoms with Gasteiger partial charge in [0.15, 0.2) is 0 Å². The first-order valence-corrected chi connectivity index (χ1v) is 8.64. The summed E-state index contributed by atoms with van der Waals surface area (Å²) in [4.78, 5) is 19.7. The second kappa shape index (κ2) is 7.32. The molecule has 23 heavy (non-hydrogen) atoms. The topological polar surface area (TPSA) is 75.6 Å². The number of benzene rings is 1. The van der Waals surface area contributed by atoms with Gasteiger partial charge in [-0.1, -0.05) is 12.1 Å². The molecular weight excluding hydrogens is 310 g/mol. The molecule has 0 bridgehead atoms. The lowest BCUT2D eigenvalue weighted by Crippen LogP contribution is -2.36. The Morgan fingerprint density at radius 3 is 3.04 bits per heavy atom. The van der Waals surface area contributed by atoms with Gasteiger partial charge in [-0.15, -0.1) is 11.8 Å². The van der Waals surface area contributed by atoms with Crippen LogP contribution in [-0.4, -0.2) is 37.5 Å². The van der Waals surface area contributed by atoms with Crippen LogP contribution in [-0.2, 0) is 17.1 Å². The number of para-hydroxylation sites is 2. The summed E-state index contributed by atoms with van der Waals surface area (Å²) < 4.78 is 1.81. The molecule has 1 aromatic carbocycles. The van der Waals surface area contributed by atoms with E-state index in [2.05, 4.69) is 20.4 Å². The van der Waals surface area contributed by atoms with Crippen molar-refractivity contribution in [3.05, 3.63) is 48.5 Å². The summed E-state index contributed by atoms with van der Waals surface area (Å²) in [6, 6.07) is 9.84. The van der Waals surface area contributed by atoms with Gasteiger partial charge in [0.05, 0.1) is 29.1 Å². The molecule has 3 aromatic rings. The fourth-order valence-electron chi connectivity index (χ4n) is 2.37. The third kappa shape index (κ3) is 4.35. The number of thioether (sulfide) groups is 1. The summed E-state index contributed by atoms with van der Waals surface area (Å²) in [5.74, 6) is 2.04. The quantitative estimate of drug-likeness (QED) is 0.697. The van der Waals surface area contributed by atoms with Gasteiger partial charge in [0.1, 0.15) is 5.82 Å². The maximum Gasteiger partial charge on any atom is 0.230 e. The number of nitrogens with zero attached hydrogens (tertiary/aromatic N) is 3. The van der Waals surface area contributed by atoms with Crippen LogP contribution in [0.25, 0.3) is 11.0 Å². The maximum absolute atomic E-state index is 12.0. The zero-order valence-corrected chi connectivity index (χ0v) is 13.7. The molecule has 0 saturated carbocycles. The van der Waals surface area contributed by atoms with Crippen LogP contribution in [0, 0.1) is 0 Å². The molecule has 0 radical (unpaired) electrons. The lowest BCUT2D eigenvalue weighted by Gasteiger charge is -2.13. The van der Waals surface area contributed by atoms with Crippen molar-refractivity contribution in [3.63, 3.8) is 0 Å². The maximum atomic E-state index is 12.0. The van der Waals surface area contributed by atoms with Crippen molar-refractivity contribution in [2.45, 2.75) is 25.3 Å². The van der Waals surface area contributed by atoms with Crippen LogP contribution >= 0.6 is 11.8 Å². The number of aromatic amines is 1. The number of carbonyl (C=O) groups is 1. The summed E-state index contributed by atoms with van der Waals surface area (Å²) in [5.41, 5.74) is 1.99. The van der Waals surface area contributed by atoms with Gasteiger partial charge in [-0.3, -0.25) is 9.48 Å². The molecule has 0 aliphatic carbocycles. The minimum atomic E-state index is 0.0331. The van der Waals surface area contributed by atoms with Crippen LogP contribution in [0.1, 0.15) is 12.7 Å². The van der Waals surface area contributed by atoms with Crippen LogP contribution in [0.5, 0.6) is 0 Å². The minimum absolute atomic E-state index is 0.0331. The molecule has 120 valence electrons. The van der Waals surface area contributed by atoms with E-state index in [0.29, 0.717) is 18.1 Å². The molecule has 1 unspecified atom stereocenters. The van der Waals surface area contributed by atoms with Gasteiger partial charge in [0.25, 0.3) is 0 Å². The summed E-state index contributed by atoms with van der Waals surface area (Å²) >= 11 is 1.55. The molecule has 0 saturated heterocycles. The van der Waals surface area contributed by atoms with Gasteiger partial charge in [0, 0.05) is 18.4 Å². The predicted octanol–water partition coefficient (Wildman–Crippen LogP) is 2.20. The first-order valence-electron chi connectivity index (χ1n) is 7.49. The molecular formula is C16H19N5OS. The fourth-order valence-corrected chi connectivity index (χ4v) is 3.07. The number of amides is 1. The molecule has 1 amide bonds. The monoisotopic (exact) mass is 329 g/mol. The highest BCUT2D eigenvalue weighted by Gasteiger charge is 2.09. The smallest absolute Gasteiger partial charge is 0.230 e. The molecule has 3 rings (SSSR count). The summed E-state index contributed by atoms with van der Waals surface area (Å²) in [6.45, 7) is 2.65. The first kappa shape index (κ1) is 15.6. The zero-order chi connectivity index (χ0) is 16.1. The SMILES string of the molecule is CC(Cn1cccn1)NC(=O)CSCc1nc2ccccc2[nH]1. The number of hydrogen-bond donors (Lipinski definition) is 2. The molecule has 0 aliphatic rings. The van der Waals surface area contributed by atoms with E-state index in [4.69, 9.17) is 0 Å². The Morgan fingerprint density at radius 2 is 2.26 bits per heavy atom. The Hall–Kier alpha value is -2.28. The van der Waals surface area contributed by atoms with Gasteiger partial charge >= 0.3 is 0 Å². The highest BCUT2D eigenvalue weighted by Crippen LogP contribution is 2.14. The molecule has 0 spiro atoms. The van der Waals surface area contributed by atoms with Gasteiger partial charge in [-0.2, -0.15) is 5.10 Å². The van der Waals surface area contributed by atoms with Gasteiger partial charge < -0.3 is 10.3 Å². The van der Waals surface area contributed by atoms with Gasteiger partial charge in [-0.05, 0) is 25.1 Å². The van der Waals surface area contributed by atoms with Crippen LogP contribution in [0.2, 0.25) is 0 Å². The van der Waals surface area contributed by atoms with E-state index in [1.165, 1.54) is 0 Å². The fraction of sp³-hybridized carbons (Fsp3) is 0.312. The Balaban J connectivity index is 1.42. The van der Waals surface area contributed by atoms with Crippen molar-refractivity contribution in [1.82, 2.24) is 25.1 Å². The van der Waals surface area contributed by atoms with Gasteiger partial charge in [-0.25, -0.2) is 4.98 Å². The number of carbonyl (C=O) groups excluding carboxylic acids is 1. The number of hydrogen-bond acceptors (Lipinski definition) is 4. The number of fused-ring (bicyclic) bond motifs is 1. The molecule has 7 heteroatoms. The third-order valence-electron chi connectivity index (χ3n) is 3.34. The van der Waals surface area contributed by atoms with E-state index in [1.807, 2.05) is 48.1 Å². The van der Waals surface area contributed by atoms with Crippen molar-refractivity contribution in [2.75, 3.05) is 5.75 Å². The molecule has 6 nitrogen and oxygen atoms in total. The zero-order valence-electron chi connectivity index (χ0n) is 12.9. The molecule has 0 aliphatic heterocycles. The molecule has 2 aromatic heterocycles. The predicted molar refractivity (Wildman–Crippen MR) is 92.1 cm³/mol. The highest BCUT2D eigenvalue weighted by atomic mass is 32.2. The summed E-state index contributed by atoms with van der Waals surface area (Å²) in [6.07, 6.45) is 3.62. The van der Waals surface area contributed by atoms with Crippen molar-refractivity contribution in [1.29, 1.82) is 0 Å². The molecule has 1 atom stereocenters. The van der Waals surface area contributed by atoms with E-state index in [0.717, 1.165) is 16.9 Å². The average Bonchev–Trinajstić information content (AvgIpc) is 3.15. The van der Waals surface area contributed by atoms with Crippen molar-refractivity contribution < 1.29 is 4.79 Å². The number of aromatic nitrogens is 4. The molecule has 0 fully saturated rings. The van der Waals surface area contributed by atoms with Crippen molar-refractivity contribution >= 4 is 28.7 Å². The Morgan fingerprint density at radius 1 is 1.39 bits per heavy atom. The Kier molecular flexibility index (Phi) is 4.97. The van der Waals surface area contributed by atoms with Crippen LogP contribution in [0.3, 0.4) is 0 Å². The summed E-state index contributed by atoms with van der Waals surface area (Å²) in [7, 11) is 0. The van der Waals surface area contributed by atoms with E-state index in [-0.39, 0.29) is 11.9 Å². The number of H-pyrrole nitrogens is 1. The van der Waals surface area contributed by atoms with Gasteiger partial charge in [0.2, 0.25) is 5.91 Å².